The molecule has 11 heteroatoms. The van der Waals surface area contributed by atoms with Gasteiger partial charge < -0.3 is 20.3 Å². The highest BCUT2D eigenvalue weighted by Crippen LogP contribution is 2.33. The molecule has 3 heterocycles. The first-order valence-electron chi connectivity index (χ1n) is 12.3. The molecule has 4 aromatic rings. The van der Waals surface area contributed by atoms with Gasteiger partial charge in [-0.3, -0.25) is 4.98 Å². The number of hydrogen-bond acceptors (Lipinski definition) is 9. The Bertz CT molecular complexity index is 1560. The van der Waals surface area contributed by atoms with Crippen LogP contribution in [0.3, 0.4) is 0 Å². The van der Waals surface area contributed by atoms with Crippen LogP contribution < -0.4 is 20.3 Å². The second-order valence-corrected chi connectivity index (χ2v) is 12.5. The topological polar surface area (TPSA) is 96.5 Å². The molecule has 0 unspecified atom stereocenters. The molecule has 202 valence electrons. The van der Waals surface area contributed by atoms with Crippen LogP contribution in [0, 0.1) is 5.82 Å². The van der Waals surface area contributed by atoms with Crippen molar-refractivity contribution in [2.24, 2.45) is 0 Å². The van der Waals surface area contributed by atoms with Crippen molar-refractivity contribution in [2.75, 3.05) is 28.8 Å². The summed E-state index contributed by atoms with van der Waals surface area (Å²) < 4.78 is 41.5. The number of ether oxygens (including phenoxy) is 1. The molecule has 2 aromatic carbocycles. The number of nitrogens with one attached hydrogen (secondary N) is 2. The quantitative estimate of drug-likeness (QED) is 0.242. The predicted molar refractivity (Wildman–Crippen MR) is 153 cm³/mol. The van der Waals surface area contributed by atoms with E-state index in [2.05, 4.69) is 25.5 Å². The van der Waals surface area contributed by atoms with Gasteiger partial charge in [0.2, 0.25) is 0 Å². The van der Waals surface area contributed by atoms with E-state index >= 15 is 0 Å². The van der Waals surface area contributed by atoms with Gasteiger partial charge in [-0.05, 0) is 48.0 Å². The molecule has 0 amide bonds. The van der Waals surface area contributed by atoms with Crippen molar-refractivity contribution in [3.05, 3.63) is 101 Å². The second-order valence-electron chi connectivity index (χ2n) is 9.18. The summed E-state index contributed by atoms with van der Waals surface area (Å²) in [4.78, 5) is 12.1. The fraction of sp³-hybridized carbons (Fsp3) is 0.214. The number of rotatable bonds is 11. The standard InChI is InChI=1S/C28H28FN5O3S2/c1-39(35,36)13-11-30-15-25-16-32-28(38-25)34-12-10-21-14-31-17-27(26(21)18-34)33-23-6-8-24(9-7-23)37-19-20-2-4-22(29)5-3-20/h2-10,12,14,16-17,30,33H,11,13,15,18-19H2,1H3. The Morgan fingerprint density at radius 1 is 1.08 bits per heavy atom. The molecule has 0 spiro atoms. The molecule has 0 radical (unpaired) electrons. The fourth-order valence-electron chi connectivity index (χ4n) is 3.97. The fourth-order valence-corrected chi connectivity index (χ4v) is 5.35. The third-order valence-electron chi connectivity index (χ3n) is 6.04. The van der Waals surface area contributed by atoms with E-state index in [0.29, 0.717) is 26.2 Å². The van der Waals surface area contributed by atoms with Crippen LogP contribution in [0.15, 0.2) is 73.3 Å². The summed E-state index contributed by atoms with van der Waals surface area (Å²) in [6, 6.07) is 13.9. The maximum atomic E-state index is 13.1. The molecular weight excluding hydrogens is 537 g/mol. The summed E-state index contributed by atoms with van der Waals surface area (Å²) in [5.74, 6) is 0.565. The van der Waals surface area contributed by atoms with Crippen LogP contribution in [0.4, 0.5) is 20.9 Å². The van der Waals surface area contributed by atoms with E-state index in [9.17, 15) is 12.8 Å². The Morgan fingerprint density at radius 3 is 2.64 bits per heavy atom. The van der Waals surface area contributed by atoms with E-state index in [-0.39, 0.29) is 11.6 Å². The molecule has 0 aliphatic carbocycles. The minimum Gasteiger partial charge on any atom is -0.489 e. The van der Waals surface area contributed by atoms with Gasteiger partial charge in [-0.25, -0.2) is 17.8 Å². The number of fused-ring (bicyclic) bond motifs is 1. The minimum atomic E-state index is -2.98. The lowest BCUT2D eigenvalue weighted by Crippen LogP contribution is -2.21. The maximum Gasteiger partial charge on any atom is 0.189 e. The van der Waals surface area contributed by atoms with E-state index in [1.54, 1.807) is 23.5 Å². The van der Waals surface area contributed by atoms with Gasteiger partial charge in [0.1, 0.15) is 28.0 Å². The first-order valence-corrected chi connectivity index (χ1v) is 15.2. The van der Waals surface area contributed by atoms with E-state index in [0.717, 1.165) is 43.8 Å². The summed E-state index contributed by atoms with van der Waals surface area (Å²) in [5, 5.41) is 7.49. The first kappa shape index (κ1) is 26.8. The Morgan fingerprint density at radius 2 is 1.87 bits per heavy atom. The zero-order valence-corrected chi connectivity index (χ0v) is 22.9. The third kappa shape index (κ3) is 7.41. The highest BCUT2D eigenvalue weighted by molar-refractivity contribution is 7.90. The van der Waals surface area contributed by atoms with Gasteiger partial charge in [0, 0.05) is 59.6 Å². The number of anilines is 3. The number of halogens is 1. The molecule has 1 aliphatic heterocycles. The molecule has 39 heavy (non-hydrogen) atoms. The van der Waals surface area contributed by atoms with Crippen molar-refractivity contribution in [2.45, 2.75) is 19.7 Å². The molecule has 2 N–H and O–H groups in total. The van der Waals surface area contributed by atoms with Crippen LogP contribution in [-0.2, 0) is 29.5 Å². The Kier molecular flexibility index (Phi) is 8.20. The Hall–Kier alpha value is -3.80. The van der Waals surface area contributed by atoms with Crippen LogP contribution in [0.5, 0.6) is 5.75 Å². The number of hydrogen-bond donors (Lipinski definition) is 2. The van der Waals surface area contributed by atoms with Crippen LogP contribution >= 0.6 is 11.3 Å². The molecule has 5 rings (SSSR count). The highest BCUT2D eigenvalue weighted by atomic mass is 32.2. The van der Waals surface area contributed by atoms with Crippen molar-refractivity contribution >= 4 is 43.8 Å². The molecule has 0 atom stereocenters. The number of pyridine rings is 1. The van der Waals surface area contributed by atoms with Gasteiger partial charge in [-0.2, -0.15) is 0 Å². The SMILES string of the molecule is CS(=O)(=O)CCNCc1cnc(N2C=Cc3cncc(Nc4ccc(OCc5ccc(F)cc5)cc4)c3C2)s1. The second kappa shape index (κ2) is 11.9. The zero-order chi connectivity index (χ0) is 27.2. The van der Waals surface area contributed by atoms with Crippen LogP contribution in [-0.4, -0.2) is 36.9 Å². The number of benzene rings is 2. The van der Waals surface area contributed by atoms with Gasteiger partial charge in [0.05, 0.1) is 24.2 Å². The summed E-state index contributed by atoms with van der Waals surface area (Å²) in [6.45, 7) is 1.97. The molecule has 2 aromatic heterocycles. The zero-order valence-electron chi connectivity index (χ0n) is 21.3. The van der Waals surface area contributed by atoms with Crippen LogP contribution in [0.25, 0.3) is 6.08 Å². The van der Waals surface area contributed by atoms with Crippen LogP contribution in [0.2, 0.25) is 0 Å². The number of thiazole rings is 1. The summed E-state index contributed by atoms with van der Waals surface area (Å²) in [5.41, 5.74) is 4.84. The average molecular weight is 566 g/mol. The van der Waals surface area contributed by atoms with Crippen molar-refractivity contribution in [1.82, 2.24) is 15.3 Å². The monoisotopic (exact) mass is 565 g/mol. The molecule has 0 saturated carbocycles. The summed E-state index contributed by atoms with van der Waals surface area (Å²) in [6.07, 6.45) is 10.7. The lowest BCUT2D eigenvalue weighted by Gasteiger charge is -2.25. The van der Waals surface area contributed by atoms with Gasteiger partial charge in [-0.1, -0.05) is 12.1 Å². The lowest BCUT2D eigenvalue weighted by molar-refractivity contribution is 0.306. The number of nitrogens with zero attached hydrogens (tertiary/aromatic N) is 3. The summed E-state index contributed by atoms with van der Waals surface area (Å²) in [7, 11) is -2.98. The average Bonchev–Trinajstić information content (AvgIpc) is 3.40. The number of aromatic nitrogens is 2. The lowest BCUT2D eigenvalue weighted by atomic mass is 10.1. The molecular formula is C28H28FN5O3S2. The van der Waals surface area contributed by atoms with E-state index in [1.807, 2.05) is 55.1 Å². The van der Waals surface area contributed by atoms with Crippen molar-refractivity contribution in [3.8, 4) is 5.75 Å². The molecule has 1 aliphatic rings. The largest absolute Gasteiger partial charge is 0.489 e. The highest BCUT2D eigenvalue weighted by Gasteiger charge is 2.18. The first-order chi connectivity index (χ1) is 18.8. The molecule has 8 nitrogen and oxygen atoms in total. The normalized spacial score (nSPS) is 12.8. The number of sulfone groups is 1. The third-order valence-corrected chi connectivity index (χ3v) is 8.02. The van der Waals surface area contributed by atoms with E-state index in [4.69, 9.17) is 4.74 Å². The van der Waals surface area contributed by atoms with Gasteiger partial charge in [0.15, 0.2) is 5.13 Å². The van der Waals surface area contributed by atoms with Crippen LogP contribution in [0.1, 0.15) is 21.6 Å². The summed E-state index contributed by atoms with van der Waals surface area (Å²) >= 11 is 1.57. The molecule has 0 fully saturated rings. The van der Waals surface area contributed by atoms with Gasteiger partial charge >= 0.3 is 0 Å². The van der Waals surface area contributed by atoms with Crippen molar-refractivity contribution in [3.63, 3.8) is 0 Å². The van der Waals surface area contributed by atoms with Crippen molar-refractivity contribution < 1.29 is 17.5 Å². The van der Waals surface area contributed by atoms with Gasteiger partial charge in [-0.15, -0.1) is 11.3 Å². The van der Waals surface area contributed by atoms with Gasteiger partial charge in [0.25, 0.3) is 0 Å². The Labute approximate surface area is 231 Å². The maximum absolute atomic E-state index is 13.1. The molecule has 0 bridgehead atoms. The predicted octanol–water partition coefficient (Wildman–Crippen LogP) is 5.12. The minimum absolute atomic E-state index is 0.111. The van der Waals surface area contributed by atoms with Crippen molar-refractivity contribution in [1.29, 1.82) is 0 Å². The Balaban J connectivity index is 1.20. The van der Waals surface area contributed by atoms with E-state index < -0.39 is 9.84 Å². The molecule has 0 saturated heterocycles. The van der Waals surface area contributed by atoms with E-state index in [1.165, 1.54) is 18.4 Å². The smallest absolute Gasteiger partial charge is 0.189 e.